The monoisotopic (exact) mass is 279 g/mol. The van der Waals surface area contributed by atoms with E-state index in [1.807, 2.05) is 55.5 Å². The van der Waals surface area contributed by atoms with E-state index in [1.54, 1.807) is 11.9 Å². The third kappa shape index (κ3) is 2.34. The van der Waals surface area contributed by atoms with Crippen LogP contribution in [0.3, 0.4) is 0 Å². The maximum atomic E-state index is 12.3. The highest BCUT2D eigenvalue weighted by molar-refractivity contribution is 6.20. The topological polar surface area (TPSA) is 58.7 Å². The lowest BCUT2D eigenvalue weighted by Gasteiger charge is -2.19. The summed E-state index contributed by atoms with van der Waals surface area (Å²) in [5.41, 5.74) is 10.5. The number of likely N-dealkylation sites (N-methyl/N-ethyl adjacent to an activating group) is 1. The molecule has 4 nitrogen and oxygen atoms in total. The Morgan fingerprint density at radius 2 is 1.86 bits per heavy atom. The maximum Gasteiger partial charge on any atom is 0.266 e. The quantitative estimate of drug-likeness (QED) is 0.869. The number of hydrogen-bond acceptors (Lipinski definition) is 3. The normalized spacial score (nSPS) is 18.0. The zero-order valence-electron chi connectivity index (χ0n) is 12.1. The molecule has 1 aliphatic heterocycles. The summed E-state index contributed by atoms with van der Waals surface area (Å²) in [6.45, 7) is 2.02. The standard InChI is InChI=1S/C17H17N3O/c1-11-8-9-14-13(10-11)15(12-6-4-3-5-7-12)19-16(18)17(21)20(14)2/h3-10,16H,18H2,1-2H3. The van der Waals surface area contributed by atoms with Crippen molar-refractivity contribution in [3.63, 3.8) is 0 Å². The third-order valence-corrected chi connectivity index (χ3v) is 3.67. The van der Waals surface area contributed by atoms with Crippen LogP contribution in [0.2, 0.25) is 0 Å². The zero-order chi connectivity index (χ0) is 15.0. The minimum Gasteiger partial charge on any atom is -0.312 e. The first kappa shape index (κ1) is 13.5. The molecular formula is C17H17N3O. The van der Waals surface area contributed by atoms with Gasteiger partial charge in [0.25, 0.3) is 5.91 Å². The van der Waals surface area contributed by atoms with E-state index in [0.29, 0.717) is 0 Å². The molecule has 106 valence electrons. The summed E-state index contributed by atoms with van der Waals surface area (Å²) in [4.78, 5) is 18.3. The van der Waals surface area contributed by atoms with Crippen molar-refractivity contribution in [2.24, 2.45) is 10.7 Å². The fourth-order valence-electron chi connectivity index (χ4n) is 2.54. The lowest BCUT2D eigenvalue weighted by Crippen LogP contribution is -2.39. The first-order valence-electron chi connectivity index (χ1n) is 6.85. The summed E-state index contributed by atoms with van der Waals surface area (Å²) >= 11 is 0. The zero-order valence-corrected chi connectivity index (χ0v) is 12.1. The molecule has 0 bridgehead atoms. The van der Waals surface area contributed by atoms with Gasteiger partial charge < -0.3 is 10.6 Å². The number of benzene rings is 2. The van der Waals surface area contributed by atoms with Crippen molar-refractivity contribution < 1.29 is 4.79 Å². The van der Waals surface area contributed by atoms with Crippen molar-refractivity contribution in [3.8, 4) is 0 Å². The van der Waals surface area contributed by atoms with Crippen LogP contribution in [0.1, 0.15) is 16.7 Å². The number of carbonyl (C=O) groups excluding carboxylic acids is 1. The molecule has 1 amide bonds. The molecule has 21 heavy (non-hydrogen) atoms. The Labute approximate surface area is 123 Å². The van der Waals surface area contributed by atoms with Crippen molar-refractivity contribution in [2.45, 2.75) is 13.1 Å². The summed E-state index contributed by atoms with van der Waals surface area (Å²) in [7, 11) is 1.74. The number of carbonyl (C=O) groups is 1. The number of aliphatic imine (C=N–C) groups is 1. The van der Waals surface area contributed by atoms with Gasteiger partial charge in [-0.3, -0.25) is 9.79 Å². The van der Waals surface area contributed by atoms with Gasteiger partial charge in [0.15, 0.2) is 6.17 Å². The number of benzodiazepines with no additional fused rings is 1. The molecule has 2 N–H and O–H groups in total. The molecule has 2 aromatic rings. The first-order chi connectivity index (χ1) is 10.1. The number of nitrogens with zero attached hydrogens (tertiary/aromatic N) is 2. The van der Waals surface area contributed by atoms with Crippen LogP contribution in [0.5, 0.6) is 0 Å². The molecule has 0 aliphatic carbocycles. The highest BCUT2D eigenvalue weighted by Crippen LogP contribution is 2.27. The van der Waals surface area contributed by atoms with Crippen LogP contribution in [0, 0.1) is 6.92 Å². The van der Waals surface area contributed by atoms with E-state index in [1.165, 1.54) is 0 Å². The fraction of sp³-hybridized carbons (Fsp3) is 0.176. The molecule has 0 radical (unpaired) electrons. The van der Waals surface area contributed by atoms with Gasteiger partial charge in [-0.1, -0.05) is 42.0 Å². The second-order valence-corrected chi connectivity index (χ2v) is 5.21. The van der Waals surface area contributed by atoms with Crippen molar-refractivity contribution in [3.05, 3.63) is 65.2 Å². The maximum absolute atomic E-state index is 12.3. The largest absolute Gasteiger partial charge is 0.312 e. The molecule has 1 atom stereocenters. The van der Waals surface area contributed by atoms with Crippen molar-refractivity contribution >= 4 is 17.3 Å². The van der Waals surface area contributed by atoms with Gasteiger partial charge in [0.1, 0.15) is 0 Å². The first-order valence-corrected chi connectivity index (χ1v) is 6.85. The van der Waals surface area contributed by atoms with Gasteiger partial charge in [-0.05, 0) is 19.1 Å². The Hall–Kier alpha value is -2.46. The van der Waals surface area contributed by atoms with E-state index in [4.69, 9.17) is 5.73 Å². The number of hydrogen-bond donors (Lipinski definition) is 1. The number of anilines is 1. The summed E-state index contributed by atoms with van der Waals surface area (Å²) in [6.07, 6.45) is -0.877. The lowest BCUT2D eigenvalue weighted by molar-refractivity contribution is -0.119. The van der Waals surface area contributed by atoms with Crippen LogP contribution in [0.25, 0.3) is 0 Å². The minimum absolute atomic E-state index is 0.203. The summed E-state index contributed by atoms with van der Waals surface area (Å²) in [5, 5.41) is 0. The molecule has 4 heteroatoms. The molecule has 0 spiro atoms. The van der Waals surface area contributed by atoms with Gasteiger partial charge >= 0.3 is 0 Å². The molecule has 0 saturated carbocycles. The van der Waals surface area contributed by atoms with E-state index in [9.17, 15) is 4.79 Å². The van der Waals surface area contributed by atoms with Gasteiger partial charge in [-0.25, -0.2) is 0 Å². The third-order valence-electron chi connectivity index (χ3n) is 3.67. The Balaban J connectivity index is 2.27. The van der Waals surface area contributed by atoms with Crippen LogP contribution in [-0.2, 0) is 4.79 Å². The average molecular weight is 279 g/mol. The lowest BCUT2D eigenvalue weighted by atomic mass is 9.98. The predicted molar refractivity (Wildman–Crippen MR) is 84.6 cm³/mol. The van der Waals surface area contributed by atoms with E-state index in [2.05, 4.69) is 4.99 Å². The smallest absolute Gasteiger partial charge is 0.266 e. The van der Waals surface area contributed by atoms with Crippen molar-refractivity contribution in [1.29, 1.82) is 0 Å². The molecule has 0 fully saturated rings. The summed E-state index contributed by atoms with van der Waals surface area (Å²) in [5.74, 6) is -0.203. The van der Waals surface area contributed by atoms with E-state index < -0.39 is 6.17 Å². The highest BCUT2D eigenvalue weighted by atomic mass is 16.2. The van der Waals surface area contributed by atoms with E-state index >= 15 is 0 Å². The highest BCUT2D eigenvalue weighted by Gasteiger charge is 2.27. The molecule has 3 rings (SSSR count). The molecular weight excluding hydrogens is 262 g/mol. The van der Waals surface area contributed by atoms with Crippen LogP contribution in [0.4, 0.5) is 5.69 Å². The second-order valence-electron chi connectivity index (χ2n) is 5.21. The number of fused-ring (bicyclic) bond motifs is 1. The van der Waals surface area contributed by atoms with Gasteiger partial charge in [0, 0.05) is 18.2 Å². The second kappa shape index (κ2) is 5.14. The molecule has 2 aromatic carbocycles. The summed E-state index contributed by atoms with van der Waals surface area (Å²) < 4.78 is 0. The Morgan fingerprint density at radius 1 is 1.14 bits per heavy atom. The van der Waals surface area contributed by atoms with E-state index in [-0.39, 0.29) is 5.91 Å². The molecule has 1 unspecified atom stereocenters. The number of aryl methyl sites for hydroxylation is 1. The Bertz CT molecular complexity index is 722. The SMILES string of the molecule is Cc1ccc2c(c1)C(c1ccccc1)=NC(N)C(=O)N2C. The number of nitrogens with two attached hydrogens (primary N) is 1. The average Bonchev–Trinajstić information content (AvgIpc) is 2.59. The predicted octanol–water partition coefficient (Wildman–Crippen LogP) is 2.09. The minimum atomic E-state index is -0.877. The fourth-order valence-corrected chi connectivity index (χ4v) is 2.54. The van der Waals surface area contributed by atoms with E-state index in [0.717, 1.165) is 28.1 Å². The van der Waals surface area contributed by atoms with Gasteiger partial charge in [-0.15, -0.1) is 0 Å². The number of amides is 1. The molecule has 0 saturated heterocycles. The molecule has 1 aliphatic rings. The van der Waals surface area contributed by atoms with Crippen LogP contribution in [0.15, 0.2) is 53.5 Å². The van der Waals surface area contributed by atoms with Crippen molar-refractivity contribution in [1.82, 2.24) is 0 Å². The van der Waals surface area contributed by atoms with Gasteiger partial charge in [0.2, 0.25) is 0 Å². The van der Waals surface area contributed by atoms with Gasteiger partial charge in [-0.2, -0.15) is 0 Å². The Morgan fingerprint density at radius 3 is 2.57 bits per heavy atom. The van der Waals surface area contributed by atoms with Crippen LogP contribution < -0.4 is 10.6 Å². The molecule has 0 aromatic heterocycles. The molecule has 1 heterocycles. The van der Waals surface area contributed by atoms with Crippen molar-refractivity contribution in [2.75, 3.05) is 11.9 Å². The van der Waals surface area contributed by atoms with Gasteiger partial charge in [0.05, 0.1) is 11.4 Å². The summed E-state index contributed by atoms with van der Waals surface area (Å²) in [6, 6.07) is 15.8. The van der Waals surface area contributed by atoms with Crippen LogP contribution >= 0.6 is 0 Å². The number of rotatable bonds is 1. The van der Waals surface area contributed by atoms with Crippen LogP contribution in [-0.4, -0.2) is 24.8 Å². The Kier molecular flexibility index (Phi) is 3.31.